The standard InChI is InChI=1S/C14H15F4NO3/c1-13(2,3)22-12(21)19-11(7-20)8-4-9(14(16,17)18)6-10(15)5-8/h4-7,11H,1-3H3,(H,19,21). The molecule has 122 valence electrons. The average Bonchev–Trinajstić information content (AvgIpc) is 2.31. The van der Waals surface area contributed by atoms with Gasteiger partial charge in [-0.3, -0.25) is 0 Å². The Kier molecular flexibility index (Phi) is 5.16. The van der Waals surface area contributed by atoms with Gasteiger partial charge in [-0.2, -0.15) is 13.2 Å². The van der Waals surface area contributed by atoms with Crippen LogP contribution in [0.5, 0.6) is 0 Å². The summed E-state index contributed by atoms with van der Waals surface area (Å²) in [5, 5.41) is 2.08. The Bertz CT molecular complexity index is 564. The molecule has 1 unspecified atom stereocenters. The molecule has 22 heavy (non-hydrogen) atoms. The van der Waals surface area contributed by atoms with Crippen molar-refractivity contribution < 1.29 is 31.9 Å². The van der Waals surface area contributed by atoms with Crippen molar-refractivity contribution in [2.45, 2.75) is 38.6 Å². The van der Waals surface area contributed by atoms with Crippen molar-refractivity contribution in [3.05, 3.63) is 35.1 Å². The summed E-state index contributed by atoms with van der Waals surface area (Å²) in [4.78, 5) is 22.6. The molecule has 0 heterocycles. The van der Waals surface area contributed by atoms with Crippen LogP contribution in [0.1, 0.15) is 37.9 Å². The van der Waals surface area contributed by atoms with Crippen LogP contribution in [-0.2, 0) is 15.7 Å². The van der Waals surface area contributed by atoms with E-state index in [0.29, 0.717) is 12.1 Å². The van der Waals surface area contributed by atoms with Crippen LogP contribution in [0.2, 0.25) is 0 Å². The number of nitrogens with one attached hydrogen (secondary N) is 1. The maximum Gasteiger partial charge on any atom is 0.416 e. The SMILES string of the molecule is CC(C)(C)OC(=O)NC(C=O)c1cc(F)cc(C(F)(F)F)c1. The van der Waals surface area contributed by atoms with E-state index < -0.39 is 35.3 Å². The molecule has 0 radical (unpaired) electrons. The van der Waals surface area contributed by atoms with Gasteiger partial charge >= 0.3 is 12.3 Å². The lowest BCUT2D eigenvalue weighted by molar-refractivity contribution is -0.137. The molecule has 1 rings (SSSR count). The average molecular weight is 321 g/mol. The fraction of sp³-hybridized carbons (Fsp3) is 0.429. The molecule has 1 N–H and O–H groups in total. The highest BCUT2D eigenvalue weighted by Crippen LogP contribution is 2.31. The number of amides is 1. The summed E-state index contributed by atoms with van der Waals surface area (Å²) in [7, 11) is 0. The topological polar surface area (TPSA) is 55.4 Å². The molecular weight excluding hydrogens is 306 g/mol. The minimum atomic E-state index is -4.77. The van der Waals surface area contributed by atoms with Crippen LogP contribution >= 0.6 is 0 Å². The monoisotopic (exact) mass is 321 g/mol. The van der Waals surface area contributed by atoms with Gasteiger partial charge in [0.2, 0.25) is 0 Å². The molecule has 1 aromatic carbocycles. The van der Waals surface area contributed by atoms with E-state index in [9.17, 15) is 27.2 Å². The van der Waals surface area contributed by atoms with Crippen LogP contribution < -0.4 is 5.32 Å². The molecule has 0 saturated heterocycles. The summed E-state index contributed by atoms with van der Waals surface area (Å²) in [6.07, 6.45) is -5.57. The molecule has 0 aromatic heterocycles. The second-order valence-electron chi connectivity index (χ2n) is 5.53. The Morgan fingerprint density at radius 3 is 2.27 bits per heavy atom. The second-order valence-corrected chi connectivity index (χ2v) is 5.53. The Morgan fingerprint density at radius 2 is 1.82 bits per heavy atom. The van der Waals surface area contributed by atoms with Crippen molar-refractivity contribution in [1.82, 2.24) is 5.32 Å². The van der Waals surface area contributed by atoms with Gasteiger partial charge in [0.15, 0.2) is 0 Å². The molecule has 0 fully saturated rings. The van der Waals surface area contributed by atoms with E-state index in [4.69, 9.17) is 4.74 Å². The molecule has 0 aliphatic heterocycles. The highest BCUT2D eigenvalue weighted by Gasteiger charge is 2.32. The number of halogens is 4. The zero-order valence-corrected chi connectivity index (χ0v) is 12.1. The summed E-state index contributed by atoms with van der Waals surface area (Å²) in [5.41, 5.74) is -2.43. The van der Waals surface area contributed by atoms with Crippen molar-refractivity contribution in [1.29, 1.82) is 0 Å². The molecule has 0 saturated carbocycles. The van der Waals surface area contributed by atoms with Gasteiger partial charge in [0.25, 0.3) is 0 Å². The first kappa shape index (κ1) is 17.9. The summed E-state index contributed by atoms with van der Waals surface area (Å²) < 4.78 is 56.1. The van der Waals surface area contributed by atoms with Gasteiger partial charge in [0, 0.05) is 0 Å². The number of ether oxygens (including phenoxy) is 1. The van der Waals surface area contributed by atoms with Crippen LogP contribution in [0.15, 0.2) is 18.2 Å². The number of hydrogen-bond acceptors (Lipinski definition) is 3. The number of carbonyl (C=O) groups is 2. The van der Waals surface area contributed by atoms with E-state index in [1.165, 1.54) is 0 Å². The predicted molar refractivity (Wildman–Crippen MR) is 69.6 cm³/mol. The molecule has 1 amide bonds. The van der Waals surface area contributed by atoms with Crippen molar-refractivity contribution >= 4 is 12.4 Å². The first-order chi connectivity index (χ1) is 9.92. The van der Waals surface area contributed by atoms with E-state index in [1.54, 1.807) is 20.8 Å². The van der Waals surface area contributed by atoms with E-state index in [1.807, 2.05) is 0 Å². The lowest BCUT2D eigenvalue weighted by Gasteiger charge is -2.22. The molecule has 4 nitrogen and oxygen atoms in total. The quantitative estimate of drug-likeness (QED) is 0.683. The highest BCUT2D eigenvalue weighted by molar-refractivity contribution is 5.74. The number of benzene rings is 1. The number of alkyl halides is 3. The third-order valence-electron chi connectivity index (χ3n) is 2.41. The summed E-state index contributed by atoms with van der Waals surface area (Å²) in [6, 6.07) is 0.191. The zero-order valence-electron chi connectivity index (χ0n) is 12.1. The zero-order chi connectivity index (χ0) is 17.1. The number of alkyl carbamates (subject to hydrolysis) is 1. The molecule has 8 heteroatoms. The summed E-state index contributed by atoms with van der Waals surface area (Å²) in [5.74, 6) is -1.16. The Morgan fingerprint density at radius 1 is 1.23 bits per heavy atom. The van der Waals surface area contributed by atoms with E-state index in [0.717, 1.165) is 6.07 Å². The largest absolute Gasteiger partial charge is 0.444 e. The third kappa shape index (κ3) is 5.34. The van der Waals surface area contributed by atoms with E-state index >= 15 is 0 Å². The van der Waals surface area contributed by atoms with E-state index in [-0.39, 0.29) is 11.8 Å². The number of aldehydes is 1. The maximum absolute atomic E-state index is 13.3. The molecule has 0 aliphatic rings. The maximum atomic E-state index is 13.3. The smallest absolute Gasteiger partial charge is 0.416 e. The highest BCUT2D eigenvalue weighted by atomic mass is 19.4. The lowest BCUT2D eigenvalue weighted by atomic mass is 10.0. The fourth-order valence-corrected chi connectivity index (χ4v) is 1.59. The van der Waals surface area contributed by atoms with E-state index in [2.05, 4.69) is 5.32 Å². The molecular formula is C14H15F4NO3. The predicted octanol–water partition coefficient (Wildman–Crippen LogP) is 3.61. The Balaban J connectivity index is 3.03. The van der Waals surface area contributed by atoms with Crippen LogP contribution in [0.25, 0.3) is 0 Å². The molecule has 0 bridgehead atoms. The van der Waals surface area contributed by atoms with Crippen LogP contribution in [0, 0.1) is 5.82 Å². The van der Waals surface area contributed by atoms with Crippen molar-refractivity contribution in [2.75, 3.05) is 0 Å². The molecule has 1 aromatic rings. The first-order valence-electron chi connectivity index (χ1n) is 6.25. The van der Waals surface area contributed by atoms with Crippen molar-refractivity contribution in [2.24, 2.45) is 0 Å². The lowest BCUT2D eigenvalue weighted by Crippen LogP contribution is -2.35. The minimum absolute atomic E-state index is 0.193. The van der Waals surface area contributed by atoms with Crippen LogP contribution in [0.4, 0.5) is 22.4 Å². The van der Waals surface area contributed by atoms with Crippen LogP contribution in [-0.4, -0.2) is 18.0 Å². The van der Waals surface area contributed by atoms with Gasteiger partial charge in [-0.1, -0.05) is 0 Å². The second kappa shape index (κ2) is 6.33. The molecule has 0 spiro atoms. The van der Waals surface area contributed by atoms with Crippen molar-refractivity contribution in [3.8, 4) is 0 Å². The number of hydrogen-bond donors (Lipinski definition) is 1. The van der Waals surface area contributed by atoms with Gasteiger partial charge in [0.1, 0.15) is 23.7 Å². The molecule has 0 aliphatic carbocycles. The molecule has 1 atom stereocenters. The summed E-state index contributed by atoms with van der Waals surface area (Å²) >= 11 is 0. The summed E-state index contributed by atoms with van der Waals surface area (Å²) in [6.45, 7) is 4.73. The van der Waals surface area contributed by atoms with Crippen LogP contribution in [0.3, 0.4) is 0 Å². The van der Waals surface area contributed by atoms with Crippen molar-refractivity contribution in [3.63, 3.8) is 0 Å². The van der Waals surface area contributed by atoms with Gasteiger partial charge in [-0.05, 0) is 44.5 Å². The fourth-order valence-electron chi connectivity index (χ4n) is 1.59. The Labute approximate surface area is 124 Å². The number of rotatable bonds is 3. The Hall–Kier alpha value is -2.12. The normalized spacial score (nSPS) is 13.4. The first-order valence-corrected chi connectivity index (χ1v) is 6.25. The third-order valence-corrected chi connectivity index (χ3v) is 2.41. The number of carbonyl (C=O) groups excluding carboxylic acids is 2. The minimum Gasteiger partial charge on any atom is -0.444 e. The van der Waals surface area contributed by atoms with Gasteiger partial charge < -0.3 is 14.8 Å². The van der Waals surface area contributed by atoms with Gasteiger partial charge in [0.05, 0.1) is 5.56 Å². The van der Waals surface area contributed by atoms with Gasteiger partial charge in [-0.15, -0.1) is 0 Å². The van der Waals surface area contributed by atoms with Gasteiger partial charge in [-0.25, -0.2) is 9.18 Å².